The molecule has 226 valence electrons. The largest absolute Gasteiger partial charge is 0.423 e. The van der Waals surface area contributed by atoms with Gasteiger partial charge in [-0.25, -0.2) is 0 Å². The van der Waals surface area contributed by atoms with Crippen molar-refractivity contribution in [3.05, 3.63) is 95.1 Å². The Morgan fingerprint density at radius 2 is 1.42 bits per heavy atom. The molecule has 0 saturated carbocycles. The summed E-state index contributed by atoms with van der Waals surface area (Å²) in [5.74, 6) is -1.04. The van der Waals surface area contributed by atoms with E-state index >= 15 is 0 Å². The number of oxazole rings is 1. The van der Waals surface area contributed by atoms with Crippen LogP contribution in [0.15, 0.2) is 77.2 Å². The Morgan fingerprint density at radius 1 is 0.791 bits per heavy atom. The number of likely N-dealkylation sites (tertiary alicyclic amines) is 1. The number of nitrogens with zero attached hydrogens (tertiary/aromatic N) is 4. The third-order valence-corrected chi connectivity index (χ3v) is 8.26. The second-order valence-electron chi connectivity index (χ2n) is 10.9. The van der Waals surface area contributed by atoms with E-state index in [2.05, 4.69) is 14.8 Å². The first kappa shape index (κ1) is 29.0. The Bertz CT molecular complexity index is 1530. The Labute approximate surface area is 243 Å². The number of piperazine rings is 1. The standard InChI is InChI=1S/C31H28F6N4O2/c32-30(33,34)22-16-21(17-23(18-22)31(35,36)37)28(42)41-11-10-26(24(19-41)20-6-2-1-3-7-20)39-12-14-40(15-13-39)29-38-25-8-4-5-9-27(25)43-29/h1-9,16-18,24,26H,10-15,19H2/t24-,26-/m1/s1. The average molecular weight is 603 g/mol. The number of para-hydroxylation sites is 2. The van der Waals surface area contributed by atoms with Gasteiger partial charge in [-0.2, -0.15) is 31.3 Å². The smallest absolute Gasteiger partial charge is 0.416 e. The number of piperidine rings is 1. The van der Waals surface area contributed by atoms with E-state index in [1.54, 1.807) is 0 Å². The van der Waals surface area contributed by atoms with Crippen molar-refractivity contribution in [3.63, 3.8) is 0 Å². The number of halogens is 6. The summed E-state index contributed by atoms with van der Waals surface area (Å²) in [6, 6.07) is 18.7. The van der Waals surface area contributed by atoms with Crippen molar-refractivity contribution < 1.29 is 35.6 Å². The second kappa shape index (κ2) is 11.2. The van der Waals surface area contributed by atoms with E-state index in [0.29, 0.717) is 56.3 Å². The summed E-state index contributed by atoms with van der Waals surface area (Å²) in [6.45, 7) is 3.09. The highest BCUT2D eigenvalue weighted by Crippen LogP contribution is 2.38. The summed E-state index contributed by atoms with van der Waals surface area (Å²) in [6.07, 6.45) is -9.55. The van der Waals surface area contributed by atoms with E-state index in [-0.39, 0.29) is 31.1 Å². The number of hydrogen-bond donors (Lipinski definition) is 0. The minimum absolute atomic E-state index is 0.0180. The van der Waals surface area contributed by atoms with E-state index in [1.165, 1.54) is 4.90 Å². The maximum absolute atomic E-state index is 13.5. The van der Waals surface area contributed by atoms with Crippen molar-refractivity contribution >= 4 is 23.0 Å². The number of anilines is 1. The van der Waals surface area contributed by atoms with Crippen molar-refractivity contribution in [2.24, 2.45) is 0 Å². The molecule has 12 heteroatoms. The van der Waals surface area contributed by atoms with Gasteiger partial charge < -0.3 is 14.2 Å². The molecular formula is C31H28F6N4O2. The van der Waals surface area contributed by atoms with E-state index in [1.807, 2.05) is 54.6 Å². The number of carbonyl (C=O) groups is 1. The van der Waals surface area contributed by atoms with Crippen molar-refractivity contribution in [1.82, 2.24) is 14.8 Å². The molecule has 6 nitrogen and oxygen atoms in total. The zero-order chi connectivity index (χ0) is 30.4. The van der Waals surface area contributed by atoms with E-state index < -0.39 is 35.0 Å². The molecule has 0 unspecified atom stereocenters. The molecule has 0 radical (unpaired) electrons. The Morgan fingerprint density at radius 3 is 2.05 bits per heavy atom. The maximum Gasteiger partial charge on any atom is 0.416 e. The summed E-state index contributed by atoms with van der Waals surface area (Å²) >= 11 is 0. The number of benzene rings is 3. The number of fused-ring (bicyclic) bond motifs is 1. The third kappa shape index (κ3) is 6.06. The molecule has 0 spiro atoms. The quantitative estimate of drug-likeness (QED) is 0.244. The van der Waals surface area contributed by atoms with Crippen molar-refractivity contribution in [1.29, 1.82) is 0 Å². The topological polar surface area (TPSA) is 52.8 Å². The normalized spacial score (nSPS) is 20.5. The minimum Gasteiger partial charge on any atom is -0.423 e. The first-order valence-electron chi connectivity index (χ1n) is 14.0. The van der Waals surface area contributed by atoms with E-state index in [9.17, 15) is 31.1 Å². The molecule has 4 aromatic rings. The Hall–Kier alpha value is -4.06. The van der Waals surface area contributed by atoms with Gasteiger partial charge in [0.1, 0.15) is 5.52 Å². The molecule has 3 heterocycles. The van der Waals surface area contributed by atoms with Crippen LogP contribution in [-0.2, 0) is 12.4 Å². The average Bonchev–Trinajstić information content (AvgIpc) is 3.44. The van der Waals surface area contributed by atoms with Crippen molar-refractivity contribution in [2.75, 3.05) is 44.2 Å². The highest BCUT2D eigenvalue weighted by atomic mass is 19.4. The number of rotatable bonds is 4. The maximum atomic E-state index is 13.5. The fraction of sp³-hybridized carbons (Fsp3) is 0.355. The number of amides is 1. The lowest BCUT2D eigenvalue weighted by Gasteiger charge is -2.46. The van der Waals surface area contributed by atoms with Crippen LogP contribution in [0.25, 0.3) is 11.1 Å². The molecule has 2 saturated heterocycles. The second-order valence-corrected chi connectivity index (χ2v) is 10.9. The van der Waals surface area contributed by atoms with E-state index in [4.69, 9.17) is 4.42 Å². The SMILES string of the molecule is O=C(c1cc(C(F)(F)F)cc(C(F)(F)F)c1)N1CC[C@@H](N2CCN(c3nc4ccccc4o3)CC2)[C@@H](c2ccccc2)C1. The van der Waals surface area contributed by atoms with Crippen LogP contribution in [0.2, 0.25) is 0 Å². The van der Waals surface area contributed by atoms with Gasteiger partial charge in [-0.1, -0.05) is 42.5 Å². The fourth-order valence-electron chi connectivity index (χ4n) is 6.09. The van der Waals surface area contributed by atoms with Gasteiger partial charge in [0.15, 0.2) is 5.58 Å². The van der Waals surface area contributed by atoms with Gasteiger partial charge in [0.2, 0.25) is 0 Å². The predicted octanol–water partition coefficient (Wildman–Crippen LogP) is 6.69. The van der Waals surface area contributed by atoms with Gasteiger partial charge >= 0.3 is 12.4 Å². The molecule has 1 aromatic heterocycles. The van der Waals surface area contributed by atoms with Gasteiger partial charge in [-0.3, -0.25) is 9.69 Å². The molecule has 2 atom stereocenters. The number of alkyl halides is 6. The zero-order valence-electron chi connectivity index (χ0n) is 22.9. The van der Waals surface area contributed by atoms with Crippen molar-refractivity contribution in [3.8, 4) is 0 Å². The molecule has 43 heavy (non-hydrogen) atoms. The van der Waals surface area contributed by atoms with Crippen LogP contribution in [0.3, 0.4) is 0 Å². The zero-order valence-corrected chi connectivity index (χ0v) is 22.9. The lowest BCUT2D eigenvalue weighted by molar-refractivity contribution is -0.143. The highest BCUT2D eigenvalue weighted by Gasteiger charge is 2.40. The van der Waals surface area contributed by atoms with Gasteiger partial charge in [0.25, 0.3) is 11.9 Å². The van der Waals surface area contributed by atoms with Crippen LogP contribution >= 0.6 is 0 Å². The lowest BCUT2D eigenvalue weighted by atomic mass is 9.84. The highest BCUT2D eigenvalue weighted by molar-refractivity contribution is 5.95. The molecule has 2 aliphatic heterocycles. The molecule has 2 aliphatic rings. The molecule has 0 bridgehead atoms. The molecule has 2 fully saturated rings. The monoisotopic (exact) mass is 602 g/mol. The van der Waals surface area contributed by atoms with Gasteiger partial charge in [-0.15, -0.1) is 0 Å². The minimum atomic E-state index is -5.03. The predicted molar refractivity (Wildman–Crippen MR) is 148 cm³/mol. The van der Waals surface area contributed by atoms with Crippen molar-refractivity contribution in [2.45, 2.75) is 30.7 Å². The first-order valence-corrected chi connectivity index (χ1v) is 14.0. The molecule has 1 amide bonds. The third-order valence-electron chi connectivity index (χ3n) is 8.26. The van der Waals surface area contributed by atoms with Crippen LogP contribution in [0, 0.1) is 0 Å². The number of aromatic nitrogens is 1. The summed E-state index contributed by atoms with van der Waals surface area (Å²) in [5.41, 5.74) is -1.19. The molecule has 0 aliphatic carbocycles. The lowest BCUT2D eigenvalue weighted by Crippen LogP contribution is -2.56. The number of hydrogen-bond acceptors (Lipinski definition) is 5. The van der Waals surface area contributed by atoms with Crippen LogP contribution in [-0.4, -0.2) is 66.0 Å². The van der Waals surface area contributed by atoms with Crippen LogP contribution in [0.1, 0.15) is 39.4 Å². The molecule has 0 N–H and O–H groups in total. The van der Waals surface area contributed by atoms with Gasteiger partial charge in [0, 0.05) is 56.8 Å². The van der Waals surface area contributed by atoms with E-state index in [0.717, 1.165) is 11.1 Å². The summed E-state index contributed by atoms with van der Waals surface area (Å²) < 4.78 is 86.7. The fourth-order valence-corrected chi connectivity index (χ4v) is 6.09. The summed E-state index contributed by atoms with van der Waals surface area (Å²) in [7, 11) is 0. The Kier molecular flexibility index (Phi) is 7.57. The summed E-state index contributed by atoms with van der Waals surface area (Å²) in [4.78, 5) is 23.8. The Balaban J connectivity index is 1.22. The first-order chi connectivity index (χ1) is 20.5. The van der Waals surface area contributed by atoms with Crippen LogP contribution < -0.4 is 4.90 Å². The van der Waals surface area contributed by atoms with Gasteiger partial charge in [-0.05, 0) is 42.3 Å². The van der Waals surface area contributed by atoms with Crippen LogP contribution in [0.5, 0.6) is 0 Å². The summed E-state index contributed by atoms with van der Waals surface area (Å²) in [5, 5.41) is 0. The molecule has 6 rings (SSSR count). The van der Waals surface area contributed by atoms with Gasteiger partial charge in [0.05, 0.1) is 11.1 Å². The number of carbonyl (C=O) groups excluding carboxylic acids is 1. The van der Waals surface area contributed by atoms with Crippen LogP contribution in [0.4, 0.5) is 32.4 Å². The molecule has 3 aromatic carbocycles. The molecular weight excluding hydrogens is 574 g/mol.